The summed E-state index contributed by atoms with van der Waals surface area (Å²) in [5.74, 6) is 2.46. The molecule has 0 radical (unpaired) electrons. The SMILES string of the molecule is C#C[C@H](NC(C)=O)C(C)(C)C. The van der Waals surface area contributed by atoms with Crippen LogP contribution < -0.4 is 5.32 Å². The molecule has 0 spiro atoms. The maximum absolute atomic E-state index is 10.7. The molecule has 11 heavy (non-hydrogen) atoms. The molecule has 0 aliphatic heterocycles. The fourth-order valence-corrected chi connectivity index (χ4v) is 0.711. The second-order valence-electron chi connectivity index (χ2n) is 3.67. The average Bonchev–Trinajstić information content (AvgIpc) is 1.79. The van der Waals surface area contributed by atoms with E-state index in [2.05, 4.69) is 11.2 Å². The van der Waals surface area contributed by atoms with Crippen LogP contribution in [0.1, 0.15) is 27.7 Å². The number of nitrogens with one attached hydrogen (secondary N) is 1. The van der Waals surface area contributed by atoms with Gasteiger partial charge in [-0.2, -0.15) is 0 Å². The molecule has 0 heterocycles. The molecule has 1 amide bonds. The minimum atomic E-state index is -0.181. The zero-order valence-electron chi connectivity index (χ0n) is 7.56. The van der Waals surface area contributed by atoms with E-state index in [1.807, 2.05) is 20.8 Å². The molecule has 1 atom stereocenters. The van der Waals surface area contributed by atoms with Gasteiger partial charge in [0.05, 0.1) is 6.04 Å². The molecule has 2 nitrogen and oxygen atoms in total. The molecule has 0 rings (SSSR count). The van der Waals surface area contributed by atoms with Crippen LogP contribution in [-0.2, 0) is 4.79 Å². The van der Waals surface area contributed by atoms with Gasteiger partial charge in [-0.1, -0.05) is 26.7 Å². The van der Waals surface area contributed by atoms with Gasteiger partial charge in [0.2, 0.25) is 5.91 Å². The fourth-order valence-electron chi connectivity index (χ4n) is 0.711. The second kappa shape index (κ2) is 3.43. The third kappa shape index (κ3) is 3.67. The van der Waals surface area contributed by atoms with Gasteiger partial charge in [0.25, 0.3) is 0 Å². The van der Waals surface area contributed by atoms with Crippen molar-refractivity contribution in [1.82, 2.24) is 5.32 Å². The highest BCUT2D eigenvalue weighted by Gasteiger charge is 2.22. The third-order valence-corrected chi connectivity index (χ3v) is 1.38. The Morgan fingerprint density at radius 2 is 2.00 bits per heavy atom. The molecule has 0 saturated heterocycles. The van der Waals surface area contributed by atoms with Gasteiger partial charge in [0.1, 0.15) is 0 Å². The fraction of sp³-hybridized carbons (Fsp3) is 0.667. The minimum absolute atomic E-state index is 0.0690. The van der Waals surface area contributed by atoms with Crippen molar-refractivity contribution in [2.75, 3.05) is 0 Å². The van der Waals surface area contributed by atoms with Gasteiger partial charge in [0, 0.05) is 6.92 Å². The molecular formula is C9H15NO. The molecular weight excluding hydrogens is 138 g/mol. The normalized spacial score (nSPS) is 13.4. The van der Waals surface area contributed by atoms with Gasteiger partial charge in [0.15, 0.2) is 0 Å². The van der Waals surface area contributed by atoms with Crippen LogP contribution >= 0.6 is 0 Å². The van der Waals surface area contributed by atoms with Crippen molar-refractivity contribution in [1.29, 1.82) is 0 Å². The number of amides is 1. The van der Waals surface area contributed by atoms with Crippen molar-refractivity contribution in [3.8, 4) is 12.3 Å². The average molecular weight is 153 g/mol. The van der Waals surface area contributed by atoms with E-state index in [-0.39, 0.29) is 17.4 Å². The van der Waals surface area contributed by atoms with Gasteiger partial charge in [-0.15, -0.1) is 6.42 Å². The number of rotatable bonds is 1. The Morgan fingerprint density at radius 1 is 1.55 bits per heavy atom. The summed E-state index contributed by atoms with van der Waals surface area (Å²) in [5, 5.41) is 2.69. The molecule has 1 N–H and O–H groups in total. The predicted octanol–water partition coefficient (Wildman–Crippen LogP) is 1.17. The van der Waals surface area contributed by atoms with E-state index in [1.54, 1.807) is 0 Å². The Labute approximate surface area is 68.4 Å². The molecule has 0 saturated carbocycles. The predicted molar refractivity (Wildman–Crippen MR) is 45.9 cm³/mol. The van der Waals surface area contributed by atoms with Gasteiger partial charge in [-0.25, -0.2) is 0 Å². The summed E-state index contributed by atoms with van der Waals surface area (Å²) in [4.78, 5) is 10.7. The smallest absolute Gasteiger partial charge is 0.217 e. The molecule has 2 heteroatoms. The van der Waals surface area contributed by atoms with Crippen molar-refractivity contribution in [2.24, 2.45) is 5.41 Å². The number of carbonyl (C=O) groups is 1. The van der Waals surface area contributed by atoms with E-state index in [9.17, 15) is 4.79 Å². The molecule has 0 aromatic carbocycles. The zero-order valence-corrected chi connectivity index (χ0v) is 7.56. The Balaban J connectivity index is 4.22. The Morgan fingerprint density at radius 3 is 2.09 bits per heavy atom. The number of hydrogen-bond acceptors (Lipinski definition) is 1. The lowest BCUT2D eigenvalue weighted by Gasteiger charge is -2.26. The first-order chi connectivity index (χ1) is 4.88. The lowest BCUT2D eigenvalue weighted by Crippen LogP contribution is -2.41. The standard InChI is InChI=1S/C9H15NO/c1-6-8(9(3,4)5)10-7(2)11/h1,8H,2-5H3,(H,10,11)/t8-/m0/s1. The van der Waals surface area contributed by atoms with Crippen molar-refractivity contribution in [3.63, 3.8) is 0 Å². The van der Waals surface area contributed by atoms with Crippen LogP contribution in [-0.4, -0.2) is 11.9 Å². The second-order valence-corrected chi connectivity index (χ2v) is 3.67. The quantitative estimate of drug-likeness (QED) is 0.563. The van der Waals surface area contributed by atoms with Crippen LogP contribution in [0.2, 0.25) is 0 Å². The summed E-state index contributed by atoms with van der Waals surface area (Å²) in [6.07, 6.45) is 5.24. The van der Waals surface area contributed by atoms with Crippen molar-refractivity contribution < 1.29 is 4.79 Å². The van der Waals surface area contributed by atoms with Gasteiger partial charge < -0.3 is 5.32 Å². The van der Waals surface area contributed by atoms with Crippen LogP contribution in [0.4, 0.5) is 0 Å². The van der Waals surface area contributed by atoms with Crippen LogP contribution in [0, 0.1) is 17.8 Å². The van der Waals surface area contributed by atoms with Gasteiger partial charge in [-0.3, -0.25) is 4.79 Å². The molecule has 0 fully saturated rings. The summed E-state index contributed by atoms with van der Waals surface area (Å²) in [5.41, 5.74) is -0.0690. The minimum Gasteiger partial charge on any atom is -0.342 e. The van der Waals surface area contributed by atoms with Crippen LogP contribution in [0.25, 0.3) is 0 Å². The van der Waals surface area contributed by atoms with Crippen molar-refractivity contribution >= 4 is 5.91 Å². The number of carbonyl (C=O) groups excluding carboxylic acids is 1. The first kappa shape index (κ1) is 10.0. The van der Waals surface area contributed by atoms with Crippen molar-refractivity contribution in [2.45, 2.75) is 33.7 Å². The highest BCUT2D eigenvalue weighted by Crippen LogP contribution is 2.18. The zero-order chi connectivity index (χ0) is 9.07. The maximum Gasteiger partial charge on any atom is 0.217 e. The molecule has 0 unspecified atom stereocenters. The first-order valence-electron chi connectivity index (χ1n) is 3.61. The number of terminal acetylenes is 1. The van der Waals surface area contributed by atoms with E-state index < -0.39 is 0 Å². The Kier molecular flexibility index (Phi) is 3.13. The van der Waals surface area contributed by atoms with Gasteiger partial charge >= 0.3 is 0 Å². The topological polar surface area (TPSA) is 29.1 Å². The summed E-state index contributed by atoms with van der Waals surface area (Å²) >= 11 is 0. The largest absolute Gasteiger partial charge is 0.342 e. The van der Waals surface area contributed by atoms with E-state index in [1.165, 1.54) is 6.92 Å². The Hall–Kier alpha value is -0.970. The van der Waals surface area contributed by atoms with E-state index in [0.29, 0.717) is 0 Å². The first-order valence-corrected chi connectivity index (χ1v) is 3.61. The van der Waals surface area contributed by atoms with E-state index >= 15 is 0 Å². The number of hydrogen-bond donors (Lipinski definition) is 1. The molecule has 62 valence electrons. The Bertz CT molecular complexity index is 183. The maximum atomic E-state index is 10.7. The summed E-state index contributed by atoms with van der Waals surface area (Å²) < 4.78 is 0. The molecule has 0 aromatic heterocycles. The molecule has 0 bridgehead atoms. The lowest BCUT2D eigenvalue weighted by molar-refractivity contribution is -0.119. The summed E-state index contributed by atoms with van der Waals surface area (Å²) in [6.45, 7) is 7.45. The highest BCUT2D eigenvalue weighted by atomic mass is 16.1. The molecule has 0 aliphatic carbocycles. The van der Waals surface area contributed by atoms with Gasteiger partial charge in [-0.05, 0) is 5.41 Å². The van der Waals surface area contributed by atoms with Crippen LogP contribution in [0.3, 0.4) is 0 Å². The molecule has 0 aromatic rings. The lowest BCUT2D eigenvalue weighted by atomic mass is 9.87. The summed E-state index contributed by atoms with van der Waals surface area (Å²) in [7, 11) is 0. The third-order valence-electron chi connectivity index (χ3n) is 1.38. The molecule has 0 aliphatic rings. The van der Waals surface area contributed by atoms with Crippen LogP contribution in [0.15, 0.2) is 0 Å². The van der Waals surface area contributed by atoms with E-state index in [0.717, 1.165) is 0 Å². The monoisotopic (exact) mass is 153 g/mol. The van der Waals surface area contributed by atoms with Crippen LogP contribution in [0.5, 0.6) is 0 Å². The van der Waals surface area contributed by atoms with Crippen molar-refractivity contribution in [3.05, 3.63) is 0 Å². The highest BCUT2D eigenvalue weighted by molar-refractivity contribution is 5.73. The van der Waals surface area contributed by atoms with E-state index in [4.69, 9.17) is 6.42 Å². The summed E-state index contributed by atoms with van der Waals surface area (Å²) in [6, 6.07) is -0.181.